The molecule has 0 radical (unpaired) electrons. The molecule has 1 rings (SSSR count). The van der Waals surface area contributed by atoms with Crippen LogP contribution in [-0.4, -0.2) is 12.1 Å². The second-order valence-corrected chi connectivity index (χ2v) is 2.15. The van der Waals surface area contributed by atoms with Crippen molar-refractivity contribution in [1.29, 1.82) is 0 Å². The Balaban J connectivity index is 3.30. The summed E-state index contributed by atoms with van der Waals surface area (Å²) in [7, 11) is 1.04. The van der Waals surface area contributed by atoms with Crippen LogP contribution in [0.4, 0.5) is 17.6 Å². The number of methoxy groups -OCH3 is 1. The highest BCUT2D eigenvalue weighted by atomic mass is 19.3. The van der Waals surface area contributed by atoms with Crippen molar-refractivity contribution in [2.45, 2.75) is 6.43 Å². The van der Waals surface area contributed by atoms with Gasteiger partial charge in [0.15, 0.2) is 0 Å². The molecule has 1 aromatic rings. The summed E-state index contributed by atoms with van der Waals surface area (Å²) in [5, 5.41) is 0. The van der Waals surface area contributed by atoms with Crippen LogP contribution in [0.2, 0.25) is 0 Å². The summed E-state index contributed by atoms with van der Waals surface area (Å²) in [4.78, 5) is 2.61. The number of nitrogens with zero attached hydrogens (tertiary/aromatic N) is 1. The van der Waals surface area contributed by atoms with Gasteiger partial charge >= 0.3 is 0 Å². The van der Waals surface area contributed by atoms with Crippen molar-refractivity contribution < 1.29 is 22.3 Å². The lowest BCUT2D eigenvalue weighted by Crippen LogP contribution is -2.01. The van der Waals surface area contributed by atoms with Gasteiger partial charge in [-0.05, 0) is 0 Å². The molecule has 0 fully saturated rings. The van der Waals surface area contributed by atoms with Crippen molar-refractivity contribution in [1.82, 2.24) is 4.98 Å². The van der Waals surface area contributed by atoms with Crippen LogP contribution in [0.25, 0.3) is 0 Å². The summed E-state index contributed by atoms with van der Waals surface area (Å²) in [5.74, 6) is -3.29. The first-order chi connectivity index (χ1) is 6.06. The van der Waals surface area contributed by atoms with E-state index in [2.05, 4.69) is 9.72 Å². The molecule has 0 N–H and O–H groups in total. The molecule has 0 atom stereocenters. The summed E-state index contributed by atoms with van der Waals surface area (Å²) in [6, 6.07) is 0.602. The molecule has 1 heterocycles. The van der Waals surface area contributed by atoms with Gasteiger partial charge in [-0.1, -0.05) is 0 Å². The average Bonchev–Trinajstić information content (AvgIpc) is 2.01. The molecule has 0 aliphatic rings. The Kier molecular flexibility index (Phi) is 2.69. The molecular formula is C7H5F4NO. The van der Waals surface area contributed by atoms with Gasteiger partial charge in [0.1, 0.15) is 11.3 Å². The quantitative estimate of drug-likeness (QED) is 0.533. The fourth-order valence-corrected chi connectivity index (χ4v) is 0.840. The molecule has 6 heteroatoms. The lowest BCUT2D eigenvalue weighted by atomic mass is 10.2. The lowest BCUT2D eigenvalue weighted by molar-refractivity contribution is 0.140. The summed E-state index contributed by atoms with van der Waals surface area (Å²) in [6.45, 7) is 0. The van der Waals surface area contributed by atoms with E-state index in [1.54, 1.807) is 0 Å². The molecule has 0 saturated carbocycles. The van der Waals surface area contributed by atoms with Crippen LogP contribution in [0.5, 0.6) is 5.75 Å². The molecule has 0 aliphatic heterocycles. The third-order valence-electron chi connectivity index (χ3n) is 1.38. The Labute approximate surface area is 71.2 Å². The molecular weight excluding hydrogens is 190 g/mol. The van der Waals surface area contributed by atoms with Gasteiger partial charge in [0.2, 0.25) is 11.9 Å². The molecule has 0 amide bonds. The summed E-state index contributed by atoms with van der Waals surface area (Å²) in [6.07, 6.45) is -3.08. The first-order valence-electron chi connectivity index (χ1n) is 3.24. The second-order valence-electron chi connectivity index (χ2n) is 2.15. The van der Waals surface area contributed by atoms with Gasteiger partial charge in [0, 0.05) is 6.07 Å². The minimum absolute atomic E-state index is 0.542. The van der Waals surface area contributed by atoms with Gasteiger partial charge in [-0.25, -0.2) is 8.78 Å². The van der Waals surface area contributed by atoms with Gasteiger partial charge < -0.3 is 4.74 Å². The number of halogens is 4. The van der Waals surface area contributed by atoms with E-state index in [1.165, 1.54) is 0 Å². The van der Waals surface area contributed by atoms with Crippen molar-refractivity contribution >= 4 is 0 Å². The highest BCUT2D eigenvalue weighted by molar-refractivity contribution is 5.32. The van der Waals surface area contributed by atoms with E-state index >= 15 is 0 Å². The molecule has 13 heavy (non-hydrogen) atoms. The Morgan fingerprint density at radius 1 is 1.38 bits per heavy atom. The molecule has 72 valence electrons. The fraction of sp³-hybridized carbons (Fsp3) is 0.286. The van der Waals surface area contributed by atoms with Gasteiger partial charge in [-0.15, -0.1) is 0 Å². The van der Waals surface area contributed by atoms with Crippen LogP contribution >= 0.6 is 0 Å². The lowest BCUT2D eigenvalue weighted by Gasteiger charge is -2.07. The molecule has 0 spiro atoms. The van der Waals surface area contributed by atoms with Gasteiger partial charge in [0.25, 0.3) is 6.43 Å². The standard InChI is InChI=1S/C7H5F4NO/c1-13-3-2-4(8)12-7(11)5(3)6(9)10/h2,6H,1H3. The van der Waals surface area contributed by atoms with Crippen LogP contribution in [0.3, 0.4) is 0 Å². The molecule has 0 aromatic carbocycles. The monoisotopic (exact) mass is 195 g/mol. The van der Waals surface area contributed by atoms with Gasteiger partial charge in [-0.3, -0.25) is 0 Å². The Hall–Kier alpha value is -1.33. The van der Waals surface area contributed by atoms with E-state index in [9.17, 15) is 17.6 Å². The summed E-state index contributed by atoms with van der Waals surface area (Å²) in [5.41, 5.74) is -1.02. The van der Waals surface area contributed by atoms with Gasteiger partial charge in [-0.2, -0.15) is 13.8 Å². The van der Waals surface area contributed by atoms with Gasteiger partial charge in [0.05, 0.1) is 7.11 Å². The average molecular weight is 195 g/mol. The maximum Gasteiger partial charge on any atom is 0.271 e. The van der Waals surface area contributed by atoms with E-state index in [1.807, 2.05) is 0 Å². The van der Waals surface area contributed by atoms with E-state index < -0.39 is 29.6 Å². The Bertz CT molecular complexity index is 316. The van der Waals surface area contributed by atoms with Crippen molar-refractivity contribution in [3.8, 4) is 5.75 Å². The first-order valence-corrected chi connectivity index (χ1v) is 3.24. The number of hydrogen-bond acceptors (Lipinski definition) is 2. The topological polar surface area (TPSA) is 22.1 Å². The third-order valence-corrected chi connectivity index (χ3v) is 1.38. The van der Waals surface area contributed by atoms with E-state index in [-0.39, 0.29) is 0 Å². The number of rotatable bonds is 2. The molecule has 0 unspecified atom stereocenters. The number of hydrogen-bond donors (Lipinski definition) is 0. The van der Waals surface area contributed by atoms with Crippen molar-refractivity contribution in [2.24, 2.45) is 0 Å². The Morgan fingerprint density at radius 3 is 2.46 bits per heavy atom. The fourth-order valence-electron chi connectivity index (χ4n) is 0.840. The third kappa shape index (κ3) is 1.88. The van der Waals surface area contributed by atoms with Crippen LogP contribution < -0.4 is 4.74 Å². The zero-order valence-corrected chi connectivity index (χ0v) is 6.52. The number of aromatic nitrogens is 1. The van der Waals surface area contributed by atoms with Crippen molar-refractivity contribution in [2.75, 3.05) is 7.11 Å². The molecule has 1 aromatic heterocycles. The second kappa shape index (κ2) is 3.59. The van der Waals surface area contributed by atoms with E-state index in [0.29, 0.717) is 6.07 Å². The number of alkyl halides is 2. The van der Waals surface area contributed by atoms with E-state index in [0.717, 1.165) is 7.11 Å². The van der Waals surface area contributed by atoms with Crippen LogP contribution in [0, 0.1) is 11.9 Å². The first kappa shape index (κ1) is 9.76. The molecule has 0 saturated heterocycles. The van der Waals surface area contributed by atoms with Crippen molar-refractivity contribution in [3.05, 3.63) is 23.5 Å². The molecule has 0 bridgehead atoms. The van der Waals surface area contributed by atoms with Crippen molar-refractivity contribution in [3.63, 3.8) is 0 Å². The number of ether oxygens (including phenoxy) is 1. The highest BCUT2D eigenvalue weighted by Gasteiger charge is 2.21. The maximum absolute atomic E-state index is 12.6. The number of pyridine rings is 1. The molecule has 2 nitrogen and oxygen atoms in total. The summed E-state index contributed by atoms with van der Waals surface area (Å²) >= 11 is 0. The minimum atomic E-state index is -3.08. The smallest absolute Gasteiger partial charge is 0.271 e. The van der Waals surface area contributed by atoms with Crippen LogP contribution in [0.15, 0.2) is 6.07 Å². The van der Waals surface area contributed by atoms with Crippen LogP contribution in [-0.2, 0) is 0 Å². The Morgan fingerprint density at radius 2 is 2.00 bits per heavy atom. The predicted octanol–water partition coefficient (Wildman–Crippen LogP) is 2.31. The molecule has 0 aliphatic carbocycles. The SMILES string of the molecule is COc1cc(F)nc(F)c1C(F)F. The zero-order chi connectivity index (χ0) is 10.0. The maximum atomic E-state index is 12.6. The predicted molar refractivity (Wildman–Crippen MR) is 35.7 cm³/mol. The zero-order valence-electron chi connectivity index (χ0n) is 6.52. The summed E-state index contributed by atoms with van der Waals surface area (Å²) < 4.78 is 53.6. The highest BCUT2D eigenvalue weighted by Crippen LogP contribution is 2.30. The largest absolute Gasteiger partial charge is 0.496 e. The van der Waals surface area contributed by atoms with Crippen LogP contribution in [0.1, 0.15) is 12.0 Å². The van der Waals surface area contributed by atoms with E-state index in [4.69, 9.17) is 0 Å². The minimum Gasteiger partial charge on any atom is -0.496 e. The normalized spacial score (nSPS) is 10.6.